The van der Waals surface area contributed by atoms with E-state index in [1.54, 1.807) is 7.11 Å². The first-order chi connectivity index (χ1) is 13.1. The number of methoxy groups -OCH3 is 1. The fourth-order valence-electron chi connectivity index (χ4n) is 3.06. The molecule has 1 aromatic carbocycles. The van der Waals surface area contributed by atoms with E-state index in [2.05, 4.69) is 20.4 Å². The van der Waals surface area contributed by atoms with Crippen LogP contribution in [0.1, 0.15) is 19.8 Å². The van der Waals surface area contributed by atoms with Gasteiger partial charge in [-0.2, -0.15) is 0 Å². The average Bonchev–Trinajstić information content (AvgIpc) is 3.29. The second kappa shape index (κ2) is 9.43. The number of halogens is 1. The van der Waals surface area contributed by atoms with E-state index in [0.717, 1.165) is 37.6 Å². The lowest BCUT2D eigenvalue weighted by molar-refractivity contribution is -0.119. The molecule has 1 aliphatic rings. The van der Waals surface area contributed by atoms with Crippen LogP contribution in [0.15, 0.2) is 29.4 Å². The molecule has 1 unspecified atom stereocenters. The molecule has 7 nitrogen and oxygen atoms in total. The zero-order chi connectivity index (χ0) is 19.2. The van der Waals surface area contributed by atoms with Crippen molar-refractivity contribution in [2.75, 3.05) is 37.5 Å². The molecule has 2 aromatic rings. The Hall–Kier alpha value is -1.77. The number of ether oxygens (including phenoxy) is 1. The second-order valence-corrected chi connectivity index (χ2v) is 7.88. The minimum Gasteiger partial charge on any atom is -0.383 e. The highest BCUT2D eigenvalue weighted by Crippen LogP contribution is 2.29. The third kappa shape index (κ3) is 5.15. The van der Waals surface area contributed by atoms with Gasteiger partial charge in [0.05, 0.1) is 18.0 Å². The third-order valence-corrected chi connectivity index (χ3v) is 5.39. The second-order valence-electron chi connectivity index (χ2n) is 6.50. The Labute approximate surface area is 168 Å². The van der Waals surface area contributed by atoms with Crippen LogP contribution in [-0.4, -0.2) is 59.3 Å². The van der Waals surface area contributed by atoms with E-state index in [0.29, 0.717) is 16.8 Å². The molecule has 0 bridgehead atoms. The summed E-state index contributed by atoms with van der Waals surface area (Å²) in [5, 5.41) is 13.0. The number of anilines is 1. The number of benzene rings is 1. The maximum Gasteiger partial charge on any atom is 0.232 e. The molecule has 1 N–H and O–H groups in total. The molecule has 9 heteroatoms. The largest absolute Gasteiger partial charge is 0.383 e. The van der Waals surface area contributed by atoms with Crippen molar-refractivity contribution in [3.8, 4) is 5.69 Å². The minimum absolute atomic E-state index is 0.0333. The Morgan fingerprint density at radius 1 is 1.37 bits per heavy atom. The van der Waals surface area contributed by atoms with Gasteiger partial charge in [0.2, 0.25) is 11.9 Å². The number of amides is 1. The van der Waals surface area contributed by atoms with Gasteiger partial charge >= 0.3 is 0 Å². The molecule has 1 aliphatic heterocycles. The maximum atomic E-state index is 12.2. The Morgan fingerprint density at radius 3 is 2.85 bits per heavy atom. The van der Waals surface area contributed by atoms with Gasteiger partial charge in [-0.1, -0.05) is 29.4 Å². The molecular weight excluding hydrogens is 386 g/mol. The van der Waals surface area contributed by atoms with Crippen molar-refractivity contribution in [1.29, 1.82) is 0 Å². The number of carbonyl (C=O) groups excluding carboxylic acids is 1. The van der Waals surface area contributed by atoms with Crippen molar-refractivity contribution < 1.29 is 9.53 Å². The number of hydrogen-bond acceptors (Lipinski definition) is 6. The van der Waals surface area contributed by atoms with Gasteiger partial charge in [-0.15, -0.1) is 10.2 Å². The number of nitrogens with zero attached hydrogens (tertiary/aromatic N) is 4. The number of rotatable bonds is 8. The molecule has 1 fully saturated rings. The number of hydrogen-bond donors (Lipinski definition) is 1. The summed E-state index contributed by atoms with van der Waals surface area (Å²) in [7, 11) is 1.62. The zero-order valence-electron chi connectivity index (χ0n) is 15.5. The SMILES string of the molecule is COCC(C)NC(=O)CSc1nnc(N2CCCC2)n1-c1cccc(Cl)c1. The van der Waals surface area contributed by atoms with Gasteiger partial charge in [-0.3, -0.25) is 9.36 Å². The topological polar surface area (TPSA) is 72.3 Å². The first-order valence-electron chi connectivity index (χ1n) is 8.96. The fourth-order valence-corrected chi connectivity index (χ4v) is 4.00. The van der Waals surface area contributed by atoms with Gasteiger partial charge in [0.1, 0.15) is 0 Å². The monoisotopic (exact) mass is 409 g/mol. The summed E-state index contributed by atoms with van der Waals surface area (Å²) in [5.74, 6) is 0.991. The van der Waals surface area contributed by atoms with Crippen molar-refractivity contribution in [3.05, 3.63) is 29.3 Å². The molecule has 27 heavy (non-hydrogen) atoms. The Bertz CT molecular complexity index is 779. The van der Waals surface area contributed by atoms with E-state index in [-0.39, 0.29) is 17.7 Å². The van der Waals surface area contributed by atoms with Crippen LogP contribution in [0.5, 0.6) is 0 Å². The van der Waals surface area contributed by atoms with Crippen LogP contribution in [0.2, 0.25) is 5.02 Å². The summed E-state index contributed by atoms with van der Waals surface area (Å²) in [5.41, 5.74) is 0.894. The van der Waals surface area contributed by atoms with Gasteiger partial charge in [0.25, 0.3) is 0 Å². The minimum atomic E-state index is -0.0621. The van der Waals surface area contributed by atoms with Crippen molar-refractivity contribution in [3.63, 3.8) is 0 Å². The lowest BCUT2D eigenvalue weighted by Crippen LogP contribution is -2.36. The Morgan fingerprint density at radius 2 is 2.15 bits per heavy atom. The quantitative estimate of drug-likeness (QED) is 0.676. The van der Waals surface area contributed by atoms with Crippen molar-refractivity contribution in [2.45, 2.75) is 31.0 Å². The zero-order valence-corrected chi connectivity index (χ0v) is 17.1. The molecule has 1 atom stereocenters. The van der Waals surface area contributed by atoms with Crippen LogP contribution >= 0.6 is 23.4 Å². The first-order valence-corrected chi connectivity index (χ1v) is 10.3. The van der Waals surface area contributed by atoms with Crippen molar-refractivity contribution in [2.24, 2.45) is 0 Å². The van der Waals surface area contributed by atoms with Crippen LogP contribution in [0, 0.1) is 0 Å². The molecule has 0 spiro atoms. The molecule has 146 valence electrons. The van der Waals surface area contributed by atoms with E-state index in [1.165, 1.54) is 11.8 Å². The highest BCUT2D eigenvalue weighted by molar-refractivity contribution is 7.99. The number of aromatic nitrogens is 3. The molecule has 1 saturated heterocycles. The first kappa shape index (κ1) is 20.0. The van der Waals surface area contributed by atoms with E-state index in [9.17, 15) is 4.79 Å². The summed E-state index contributed by atoms with van der Waals surface area (Å²) in [6.07, 6.45) is 2.29. The normalized spacial score (nSPS) is 15.1. The lowest BCUT2D eigenvalue weighted by atomic mass is 10.3. The summed E-state index contributed by atoms with van der Waals surface area (Å²) < 4.78 is 7.03. The highest BCUT2D eigenvalue weighted by atomic mass is 35.5. The number of carbonyl (C=O) groups is 1. The van der Waals surface area contributed by atoms with Crippen LogP contribution < -0.4 is 10.2 Å². The lowest BCUT2D eigenvalue weighted by Gasteiger charge is -2.18. The molecule has 1 amide bonds. The molecule has 0 aliphatic carbocycles. The summed E-state index contributed by atoms with van der Waals surface area (Å²) in [6.45, 7) is 4.30. The molecule has 1 aromatic heterocycles. The van der Waals surface area contributed by atoms with Crippen molar-refractivity contribution >= 4 is 35.2 Å². The number of nitrogens with one attached hydrogen (secondary N) is 1. The van der Waals surface area contributed by atoms with Crippen LogP contribution in [0.25, 0.3) is 5.69 Å². The van der Waals surface area contributed by atoms with Crippen LogP contribution in [-0.2, 0) is 9.53 Å². The van der Waals surface area contributed by atoms with Crippen molar-refractivity contribution in [1.82, 2.24) is 20.1 Å². The van der Waals surface area contributed by atoms with Gasteiger partial charge in [0.15, 0.2) is 5.16 Å². The smallest absolute Gasteiger partial charge is 0.232 e. The fraction of sp³-hybridized carbons (Fsp3) is 0.500. The summed E-state index contributed by atoms with van der Waals surface area (Å²) in [4.78, 5) is 14.4. The van der Waals surface area contributed by atoms with Crippen LogP contribution in [0.4, 0.5) is 5.95 Å². The highest BCUT2D eigenvalue weighted by Gasteiger charge is 2.23. The van der Waals surface area contributed by atoms with Gasteiger partial charge in [0, 0.05) is 31.3 Å². The van der Waals surface area contributed by atoms with Gasteiger partial charge in [-0.05, 0) is 38.0 Å². The van der Waals surface area contributed by atoms with Gasteiger partial charge in [-0.25, -0.2) is 0 Å². The van der Waals surface area contributed by atoms with Gasteiger partial charge < -0.3 is 15.0 Å². The molecule has 0 saturated carbocycles. The third-order valence-electron chi connectivity index (χ3n) is 4.23. The average molecular weight is 410 g/mol. The maximum absolute atomic E-state index is 12.2. The van der Waals surface area contributed by atoms with E-state index < -0.39 is 0 Å². The predicted octanol–water partition coefficient (Wildman–Crippen LogP) is 2.76. The Kier molecular flexibility index (Phi) is 6.98. The molecule has 3 rings (SSSR count). The predicted molar refractivity (Wildman–Crippen MR) is 108 cm³/mol. The van der Waals surface area contributed by atoms with E-state index in [4.69, 9.17) is 16.3 Å². The van der Waals surface area contributed by atoms with Crippen LogP contribution in [0.3, 0.4) is 0 Å². The van der Waals surface area contributed by atoms with E-state index >= 15 is 0 Å². The summed E-state index contributed by atoms with van der Waals surface area (Å²) in [6, 6.07) is 7.56. The Balaban J connectivity index is 1.79. The van der Waals surface area contributed by atoms with E-state index in [1.807, 2.05) is 35.8 Å². The molecule has 2 heterocycles. The number of thioether (sulfide) groups is 1. The standard InChI is InChI=1S/C18H24ClN5O2S/c1-13(11-26-2)20-16(25)12-27-18-22-21-17(23-8-3-4-9-23)24(18)15-7-5-6-14(19)10-15/h5-7,10,13H,3-4,8-9,11-12H2,1-2H3,(H,20,25). The molecular formula is C18H24ClN5O2S. The summed E-state index contributed by atoms with van der Waals surface area (Å²) >= 11 is 7.55. The molecule has 0 radical (unpaired) electrons.